The Balaban J connectivity index is 2.67. The first-order valence-electron chi connectivity index (χ1n) is 4.61. The number of esters is 1. The second-order valence-corrected chi connectivity index (χ2v) is 3.09. The highest BCUT2D eigenvalue weighted by Crippen LogP contribution is 2.15. The van der Waals surface area contributed by atoms with E-state index in [9.17, 15) is 4.79 Å². The van der Waals surface area contributed by atoms with Gasteiger partial charge in [0.2, 0.25) is 0 Å². The van der Waals surface area contributed by atoms with Crippen LogP contribution in [-0.4, -0.2) is 24.3 Å². The van der Waals surface area contributed by atoms with Gasteiger partial charge in [0.15, 0.2) is 6.10 Å². The predicted molar refractivity (Wildman–Crippen MR) is 54.5 cm³/mol. The van der Waals surface area contributed by atoms with Crippen LogP contribution in [0.1, 0.15) is 12.5 Å². The van der Waals surface area contributed by atoms with E-state index in [0.29, 0.717) is 5.75 Å². The highest BCUT2D eigenvalue weighted by atomic mass is 16.6. The van der Waals surface area contributed by atoms with Crippen molar-refractivity contribution in [3.05, 3.63) is 29.8 Å². The Hall–Kier alpha value is -1.55. The summed E-state index contributed by atoms with van der Waals surface area (Å²) >= 11 is 0. The van der Waals surface area contributed by atoms with Crippen LogP contribution in [0.25, 0.3) is 0 Å². The molecule has 4 nitrogen and oxygen atoms in total. The minimum absolute atomic E-state index is 0.0518. The van der Waals surface area contributed by atoms with Crippen LogP contribution in [-0.2, 0) is 16.1 Å². The molecule has 82 valence electrons. The third-order valence-electron chi connectivity index (χ3n) is 1.93. The molecule has 0 saturated heterocycles. The number of carbonyl (C=O) groups is 1. The summed E-state index contributed by atoms with van der Waals surface area (Å²) in [6.45, 7) is 1.56. The first kappa shape index (κ1) is 11.5. The maximum absolute atomic E-state index is 11.1. The molecule has 0 bridgehead atoms. The Morgan fingerprint density at radius 3 is 2.87 bits per heavy atom. The van der Waals surface area contributed by atoms with Crippen LogP contribution in [0.2, 0.25) is 0 Å². The predicted octanol–water partition coefficient (Wildman–Crippen LogP) is 1.12. The van der Waals surface area contributed by atoms with E-state index in [1.807, 2.05) is 0 Å². The Labute approximate surface area is 88.4 Å². The molecule has 1 unspecified atom stereocenters. The van der Waals surface area contributed by atoms with Crippen LogP contribution in [0.5, 0.6) is 5.75 Å². The maximum atomic E-state index is 11.1. The van der Waals surface area contributed by atoms with Crippen molar-refractivity contribution < 1.29 is 19.4 Å². The van der Waals surface area contributed by atoms with E-state index < -0.39 is 12.1 Å². The minimum atomic E-state index is -0.649. The SMILES string of the molecule is COC(=O)C(C)Oc1cccc(CO)c1. The number of hydrogen-bond acceptors (Lipinski definition) is 4. The largest absolute Gasteiger partial charge is 0.479 e. The van der Waals surface area contributed by atoms with Gasteiger partial charge in [-0.05, 0) is 24.6 Å². The molecule has 0 aliphatic heterocycles. The molecule has 0 aliphatic carbocycles. The lowest BCUT2D eigenvalue weighted by Gasteiger charge is -2.12. The van der Waals surface area contributed by atoms with E-state index >= 15 is 0 Å². The summed E-state index contributed by atoms with van der Waals surface area (Å²) < 4.78 is 9.85. The van der Waals surface area contributed by atoms with E-state index in [0.717, 1.165) is 5.56 Å². The molecule has 0 amide bonds. The van der Waals surface area contributed by atoms with E-state index in [1.165, 1.54) is 7.11 Å². The van der Waals surface area contributed by atoms with Crippen molar-refractivity contribution in [3.63, 3.8) is 0 Å². The summed E-state index contributed by atoms with van der Waals surface area (Å²) in [5, 5.41) is 8.90. The zero-order chi connectivity index (χ0) is 11.3. The fraction of sp³-hybridized carbons (Fsp3) is 0.364. The molecule has 1 rings (SSSR count). The van der Waals surface area contributed by atoms with Crippen LogP contribution in [0.3, 0.4) is 0 Å². The van der Waals surface area contributed by atoms with E-state index in [2.05, 4.69) is 4.74 Å². The van der Waals surface area contributed by atoms with Crippen molar-refractivity contribution in [2.75, 3.05) is 7.11 Å². The highest BCUT2D eigenvalue weighted by Gasteiger charge is 2.14. The van der Waals surface area contributed by atoms with Crippen molar-refractivity contribution >= 4 is 5.97 Å². The van der Waals surface area contributed by atoms with Gasteiger partial charge in [-0.1, -0.05) is 12.1 Å². The van der Waals surface area contributed by atoms with Crippen molar-refractivity contribution in [1.82, 2.24) is 0 Å². The van der Waals surface area contributed by atoms with Crippen LogP contribution < -0.4 is 4.74 Å². The molecule has 0 spiro atoms. The second-order valence-electron chi connectivity index (χ2n) is 3.09. The normalized spacial score (nSPS) is 11.9. The second kappa shape index (κ2) is 5.36. The van der Waals surface area contributed by atoms with Gasteiger partial charge in [-0.25, -0.2) is 4.79 Å². The summed E-state index contributed by atoms with van der Waals surface area (Å²) in [6, 6.07) is 6.93. The quantitative estimate of drug-likeness (QED) is 0.756. The molecule has 0 aromatic heterocycles. The van der Waals surface area contributed by atoms with Crippen LogP contribution in [0.4, 0.5) is 0 Å². The van der Waals surface area contributed by atoms with E-state index in [4.69, 9.17) is 9.84 Å². The van der Waals surface area contributed by atoms with Gasteiger partial charge < -0.3 is 14.6 Å². The zero-order valence-electron chi connectivity index (χ0n) is 8.77. The standard InChI is InChI=1S/C11H14O4/c1-8(11(13)14-2)15-10-5-3-4-9(6-10)7-12/h3-6,8,12H,7H2,1-2H3. The van der Waals surface area contributed by atoms with Crippen LogP contribution >= 0.6 is 0 Å². The molecular weight excluding hydrogens is 196 g/mol. The molecule has 1 N–H and O–H groups in total. The number of ether oxygens (including phenoxy) is 2. The number of carbonyl (C=O) groups excluding carboxylic acids is 1. The van der Waals surface area contributed by atoms with Crippen LogP contribution in [0.15, 0.2) is 24.3 Å². The molecule has 15 heavy (non-hydrogen) atoms. The van der Waals surface area contributed by atoms with Gasteiger partial charge in [0, 0.05) is 0 Å². The van der Waals surface area contributed by atoms with Gasteiger partial charge >= 0.3 is 5.97 Å². The highest BCUT2D eigenvalue weighted by molar-refractivity contribution is 5.74. The summed E-state index contributed by atoms with van der Waals surface area (Å²) in [6.07, 6.45) is -0.649. The Morgan fingerprint density at radius 1 is 1.53 bits per heavy atom. The molecule has 0 radical (unpaired) electrons. The maximum Gasteiger partial charge on any atom is 0.346 e. The summed E-state index contributed by atoms with van der Waals surface area (Å²) in [5.41, 5.74) is 0.740. The number of methoxy groups -OCH3 is 1. The smallest absolute Gasteiger partial charge is 0.346 e. The molecule has 0 fully saturated rings. The van der Waals surface area contributed by atoms with Gasteiger partial charge in [0.1, 0.15) is 5.75 Å². The van der Waals surface area contributed by atoms with Gasteiger partial charge in [-0.2, -0.15) is 0 Å². The lowest BCUT2D eigenvalue weighted by atomic mass is 10.2. The zero-order valence-corrected chi connectivity index (χ0v) is 8.77. The Morgan fingerprint density at radius 2 is 2.27 bits per heavy atom. The first-order valence-corrected chi connectivity index (χ1v) is 4.61. The number of rotatable bonds is 4. The monoisotopic (exact) mass is 210 g/mol. The number of aliphatic hydroxyl groups excluding tert-OH is 1. The average Bonchev–Trinajstić information content (AvgIpc) is 2.28. The lowest BCUT2D eigenvalue weighted by molar-refractivity contribution is -0.147. The topological polar surface area (TPSA) is 55.8 Å². The lowest BCUT2D eigenvalue weighted by Crippen LogP contribution is -2.24. The molecule has 0 aliphatic rings. The van der Waals surface area contributed by atoms with Crippen molar-refractivity contribution in [3.8, 4) is 5.75 Å². The molecule has 0 heterocycles. The Kier molecular flexibility index (Phi) is 4.12. The third-order valence-corrected chi connectivity index (χ3v) is 1.93. The van der Waals surface area contributed by atoms with E-state index in [1.54, 1.807) is 31.2 Å². The summed E-state index contributed by atoms with van der Waals surface area (Å²) in [4.78, 5) is 11.1. The number of hydrogen-bond donors (Lipinski definition) is 1. The van der Waals surface area contributed by atoms with Crippen molar-refractivity contribution in [2.45, 2.75) is 19.6 Å². The molecule has 1 aromatic rings. The van der Waals surface area contributed by atoms with E-state index in [-0.39, 0.29) is 6.61 Å². The van der Waals surface area contributed by atoms with Gasteiger partial charge in [0.05, 0.1) is 13.7 Å². The molecule has 1 atom stereocenters. The molecular formula is C11H14O4. The third kappa shape index (κ3) is 3.25. The van der Waals surface area contributed by atoms with Gasteiger partial charge in [-0.3, -0.25) is 0 Å². The minimum Gasteiger partial charge on any atom is -0.479 e. The average molecular weight is 210 g/mol. The van der Waals surface area contributed by atoms with Crippen molar-refractivity contribution in [1.29, 1.82) is 0 Å². The van der Waals surface area contributed by atoms with Gasteiger partial charge in [0.25, 0.3) is 0 Å². The Bertz CT molecular complexity index is 335. The van der Waals surface area contributed by atoms with Crippen molar-refractivity contribution in [2.24, 2.45) is 0 Å². The molecule has 4 heteroatoms. The number of benzene rings is 1. The molecule has 1 aromatic carbocycles. The fourth-order valence-electron chi connectivity index (χ4n) is 1.14. The summed E-state index contributed by atoms with van der Waals surface area (Å²) in [5.74, 6) is 0.115. The van der Waals surface area contributed by atoms with Crippen LogP contribution in [0, 0.1) is 0 Å². The number of aliphatic hydroxyl groups is 1. The summed E-state index contributed by atoms with van der Waals surface area (Å²) in [7, 11) is 1.31. The first-order chi connectivity index (χ1) is 7.17. The molecule has 0 saturated carbocycles. The fourth-order valence-corrected chi connectivity index (χ4v) is 1.14. The van der Waals surface area contributed by atoms with Gasteiger partial charge in [-0.15, -0.1) is 0 Å².